The first-order valence-corrected chi connectivity index (χ1v) is 14.8. The van der Waals surface area contributed by atoms with Crippen molar-refractivity contribution in [1.29, 1.82) is 0 Å². The maximum Gasteiger partial charge on any atom is 0.243 e. The molecule has 2 atom stereocenters. The molecule has 0 spiro atoms. The first kappa shape index (κ1) is 26.2. The highest BCUT2D eigenvalue weighted by molar-refractivity contribution is 7.89. The second-order valence-corrected chi connectivity index (χ2v) is 13.4. The van der Waals surface area contributed by atoms with Crippen LogP contribution in [0.15, 0.2) is 58.3 Å². The van der Waals surface area contributed by atoms with Crippen molar-refractivity contribution in [3.63, 3.8) is 0 Å². The van der Waals surface area contributed by atoms with Gasteiger partial charge in [-0.25, -0.2) is 16.8 Å². The summed E-state index contributed by atoms with van der Waals surface area (Å²) in [6.07, 6.45) is 1.50. The van der Waals surface area contributed by atoms with Crippen molar-refractivity contribution in [2.45, 2.75) is 36.5 Å². The predicted octanol–water partition coefficient (Wildman–Crippen LogP) is 3.02. The van der Waals surface area contributed by atoms with Crippen molar-refractivity contribution in [3.05, 3.63) is 59.7 Å². The molecular formula is C25H34N2O6S2. The van der Waals surface area contributed by atoms with Crippen LogP contribution in [0.4, 0.5) is 0 Å². The number of hydrogen-bond acceptors (Lipinski definition) is 6. The Bertz CT molecular complexity index is 1100. The van der Waals surface area contributed by atoms with Crippen molar-refractivity contribution in [3.8, 4) is 0 Å². The zero-order chi connectivity index (χ0) is 25.1. The Labute approximate surface area is 208 Å². The SMILES string of the molecule is Cc1ccc(S(=O)(=O)N2CC[C@@H](COCOC[C@@H]3CCN(S(=O)(=O)c4ccc(C)cc4)C3)C2)cc1. The molecule has 192 valence electrons. The molecule has 0 saturated carbocycles. The largest absolute Gasteiger partial charge is 0.355 e. The van der Waals surface area contributed by atoms with Crippen LogP contribution in [0, 0.1) is 25.7 Å². The molecule has 0 unspecified atom stereocenters. The average molecular weight is 523 g/mol. The Balaban J connectivity index is 1.16. The van der Waals surface area contributed by atoms with Crippen LogP contribution < -0.4 is 0 Å². The van der Waals surface area contributed by atoms with Gasteiger partial charge in [0.05, 0.1) is 23.0 Å². The third kappa shape index (κ3) is 6.31. The Hall–Kier alpha value is -1.82. The second-order valence-electron chi connectivity index (χ2n) is 9.52. The van der Waals surface area contributed by atoms with Crippen LogP contribution in [-0.4, -0.2) is 71.6 Å². The number of sulfonamides is 2. The van der Waals surface area contributed by atoms with E-state index < -0.39 is 20.0 Å². The fourth-order valence-electron chi connectivity index (χ4n) is 4.51. The van der Waals surface area contributed by atoms with Gasteiger partial charge in [-0.15, -0.1) is 0 Å². The third-order valence-electron chi connectivity index (χ3n) is 6.69. The molecule has 2 aliphatic rings. The predicted molar refractivity (Wildman–Crippen MR) is 133 cm³/mol. The quantitative estimate of drug-likeness (QED) is 0.352. The highest BCUT2D eigenvalue weighted by Crippen LogP contribution is 2.26. The molecular weight excluding hydrogens is 488 g/mol. The summed E-state index contributed by atoms with van der Waals surface area (Å²) < 4.78 is 65.7. The Morgan fingerprint density at radius 2 is 1.06 bits per heavy atom. The standard InChI is InChI=1S/C25H34N2O6S2/c1-20-3-7-24(8-4-20)34(28,29)26-13-11-22(15-26)17-32-19-33-18-23-12-14-27(16-23)35(30,31)25-9-5-21(2)6-10-25/h3-10,22-23H,11-19H2,1-2H3/t22-,23-/m1/s1. The fraction of sp³-hybridized carbons (Fsp3) is 0.520. The van der Waals surface area contributed by atoms with Crippen molar-refractivity contribution >= 4 is 20.0 Å². The maximum atomic E-state index is 12.8. The highest BCUT2D eigenvalue weighted by atomic mass is 32.2. The Morgan fingerprint density at radius 3 is 1.43 bits per heavy atom. The van der Waals surface area contributed by atoms with Gasteiger partial charge in [0.15, 0.2) is 0 Å². The molecule has 2 saturated heterocycles. The smallest absolute Gasteiger partial charge is 0.243 e. The van der Waals surface area contributed by atoms with Crippen molar-refractivity contribution in [2.24, 2.45) is 11.8 Å². The number of ether oxygens (including phenoxy) is 2. The van der Waals surface area contributed by atoms with E-state index in [1.807, 2.05) is 38.1 Å². The molecule has 2 heterocycles. The Morgan fingerprint density at radius 1 is 0.686 bits per heavy atom. The van der Waals surface area contributed by atoms with E-state index in [1.165, 1.54) is 8.61 Å². The van der Waals surface area contributed by atoms with Gasteiger partial charge in [-0.3, -0.25) is 0 Å². The van der Waals surface area contributed by atoms with Gasteiger partial charge in [0.2, 0.25) is 20.0 Å². The number of aryl methyl sites for hydroxylation is 2. The molecule has 35 heavy (non-hydrogen) atoms. The van der Waals surface area contributed by atoms with E-state index in [2.05, 4.69) is 0 Å². The van der Waals surface area contributed by atoms with E-state index in [0.29, 0.717) is 49.2 Å². The highest BCUT2D eigenvalue weighted by Gasteiger charge is 2.34. The van der Waals surface area contributed by atoms with E-state index in [9.17, 15) is 16.8 Å². The van der Waals surface area contributed by atoms with Gasteiger partial charge in [0.25, 0.3) is 0 Å². The molecule has 0 radical (unpaired) electrons. The zero-order valence-electron chi connectivity index (χ0n) is 20.3. The van der Waals surface area contributed by atoms with Gasteiger partial charge in [-0.05, 0) is 62.8 Å². The number of nitrogens with zero attached hydrogens (tertiary/aromatic N) is 2. The van der Waals surface area contributed by atoms with Crippen LogP contribution in [0.1, 0.15) is 24.0 Å². The zero-order valence-corrected chi connectivity index (χ0v) is 21.9. The van der Waals surface area contributed by atoms with Gasteiger partial charge in [-0.2, -0.15) is 8.61 Å². The number of hydrogen-bond donors (Lipinski definition) is 0. The molecule has 0 aromatic heterocycles. The summed E-state index contributed by atoms with van der Waals surface area (Å²) in [4.78, 5) is 0.644. The van der Waals surface area contributed by atoms with Crippen molar-refractivity contribution < 1.29 is 26.3 Å². The van der Waals surface area contributed by atoms with Gasteiger partial charge < -0.3 is 9.47 Å². The first-order valence-electron chi connectivity index (χ1n) is 12.0. The van der Waals surface area contributed by atoms with E-state index >= 15 is 0 Å². The lowest BCUT2D eigenvalue weighted by atomic mass is 10.1. The molecule has 10 heteroatoms. The van der Waals surface area contributed by atoms with Crippen LogP contribution in [0.2, 0.25) is 0 Å². The van der Waals surface area contributed by atoms with E-state index in [4.69, 9.17) is 9.47 Å². The minimum absolute atomic E-state index is 0.114. The molecule has 4 rings (SSSR count). The fourth-order valence-corrected chi connectivity index (χ4v) is 7.57. The van der Waals surface area contributed by atoms with Gasteiger partial charge in [-0.1, -0.05) is 35.4 Å². The molecule has 2 aromatic rings. The summed E-state index contributed by atoms with van der Waals surface area (Å²) in [6, 6.07) is 13.8. The van der Waals surface area contributed by atoms with Crippen LogP contribution in [0.3, 0.4) is 0 Å². The molecule has 0 aliphatic carbocycles. The van der Waals surface area contributed by atoms with Crippen molar-refractivity contribution in [2.75, 3.05) is 46.2 Å². The summed E-state index contributed by atoms with van der Waals surface area (Å²) in [6.45, 7) is 6.67. The van der Waals surface area contributed by atoms with Crippen LogP contribution >= 0.6 is 0 Å². The normalized spacial score (nSPS) is 22.1. The average Bonchev–Trinajstić information content (AvgIpc) is 3.50. The van der Waals surface area contributed by atoms with Gasteiger partial charge in [0, 0.05) is 26.2 Å². The lowest BCUT2D eigenvalue weighted by molar-refractivity contribution is -0.0716. The summed E-state index contributed by atoms with van der Waals surface area (Å²) in [5, 5.41) is 0. The second kappa shape index (κ2) is 11.1. The monoisotopic (exact) mass is 522 g/mol. The van der Waals surface area contributed by atoms with Crippen LogP contribution in [-0.2, 0) is 29.5 Å². The maximum absolute atomic E-state index is 12.8. The third-order valence-corrected chi connectivity index (χ3v) is 10.4. The number of benzene rings is 2. The Kier molecular flexibility index (Phi) is 8.30. The molecule has 2 fully saturated rings. The van der Waals surface area contributed by atoms with E-state index in [0.717, 1.165) is 24.0 Å². The van der Waals surface area contributed by atoms with Crippen LogP contribution in [0.25, 0.3) is 0 Å². The molecule has 2 aromatic carbocycles. The van der Waals surface area contributed by atoms with Gasteiger partial charge in [0.1, 0.15) is 6.79 Å². The minimum atomic E-state index is -3.48. The van der Waals surface area contributed by atoms with Crippen molar-refractivity contribution in [1.82, 2.24) is 8.61 Å². The van der Waals surface area contributed by atoms with E-state index in [-0.39, 0.29) is 18.6 Å². The van der Waals surface area contributed by atoms with Crippen LogP contribution in [0.5, 0.6) is 0 Å². The lowest BCUT2D eigenvalue weighted by Crippen LogP contribution is -2.30. The molecule has 2 aliphatic heterocycles. The minimum Gasteiger partial charge on any atom is -0.355 e. The lowest BCUT2D eigenvalue weighted by Gasteiger charge is -2.17. The van der Waals surface area contributed by atoms with E-state index in [1.54, 1.807) is 24.3 Å². The topological polar surface area (TPSA) is 93.2 Å². The first-order chi connectivity index (χ1) is 16.7. The summed E-state index contributed by atoms with van der Waals surface area (Å²) in [7, 11) is -6.96. The summed E-state index contributed by atoms with van der Waals surface area (Å²) in [5.41, 5.74) is 2.05. The molecule has 0 N–H and O–H groups in total. The van der Waals surface area contributed by atoms with Gasteiger partial charge >= 0.3 is 0 Å². The summed E-state index contributed by atoms with van der Waals surface area (Å²) in [5.74, 6) is 0.251. The summed E-state index contributed by atoms with van der Waals surface area (Å²) >= 11 is 0. The molecule has 0 bridgehead atoms. The number of rotatable bonds is 10. The molecule has 0 amide bonds. The molecule has 8 nitrogen and oxygen atoms in total.